The van der Waals surface area contributed by atoms with Crippen molar-refractivity contribution in [2.75, 3.05) is 13.7 Å². The first-order chi connectivity index (χ1) is 11.6. The summed E-state index contributed by atoms with van der Waals surface area (Å²) in [6, 6.07) is 4.21. The summed E-state index contributed by atoms with van der Waals surface area (Å²) in [6.07, 6.45) is 2.65. The van der Waals surface area contributed by atoms with Gasteiger partial charge in [0.15, 0.2) is 23.4 Å². The molecule has 1 saturated carbocycles. The number of nitrogens with zero attached hydrogens (tertiary/aromatic N) is 1. The van der Waals surface area contributed by atoms with E-state index in [1.165, 1.54) is 11.1 Å². The van der Waals surface area contributed by atoms with Gasteiger partial charge >= 0.3 is 0 Å². The van der Waals surface area contributed by atoms with Gasteiger partial charge in [-0.2, -0.15) is 0 Å². The number of rotatable bonds is 1. The van der Waals surface area contributed by atoms with Crippen LogP contribution in [0.4, 0.5) is 0 Å². The number of benzene rings is 1. The third-order valence-corrected chi connectivity index (χ3v) is 6.72. The van der Waals surface area contributed by atoms with Crippen LogP contribution in [0.2, 0.25) is 0 Å². The van der Waals surface area contributed by atoms with Crippen molar-refractivity contribution in [2.45, 2.75) is 50.2 Å². The summed E-state index contributed by atoms with van der Waals surface area (Å²) in [7, 11) is 1.64. The molecule has 4 aliphatic rings. The van der Waals surface area contributed by atoms with E-state index in [0.717, 1.165) is 30.8 Å². The summed E-state index contributed by atoms with van der Waals surface area (Å²) in [6.45, 7) is 2.36. The Morgan fingerprint density at radius 3 is 3.00 bits per heavy atom. The van der Waals surface area contributed by atoms with Crippen LogP contribution in [0.1, 0.15) is 37.3 Å². The summed E-state index contributed by atoms with van der Waals surface area (Å²) in [5, 5.41) is 0. The zero-order chi connectivity index (χ0) is 16.6. The van der Waals surface area contributed by atoms with Gasteiger partial charge < -0.3 is 14.4 Å². The van der Waals surface area contributed by atoms with Crippen LogP contribution in [0.15, 0.2) is 12.1 Å². The van der Waals surface area contributed by atoms with E-state index in [0.29, 0.717) is 18.9 Å². The highest BCUT2D eigenvalue weighted by molar-refractivity contribution is 5.89. The molecule has 2 fully saturated rings. The van der Waals surface area contributed by atoms with Crippen molar-refractivity contribution in [3.8, 4) is 11.5 Å². The van der Waals surface area contributed by atoms with Crippen LogP contribution in [-0.2, 0) is 21.4 Å². The number of piperidine rings is 1. The topological polar surface area (TPSA) is 55.8 Å². The molecule has 1 spiro atoms. The SMILES string of the molecule is COc1ccc2c3c1O[C@H]1C(=O)CCC4[C@@H](C2)N(C(C)=O)CC[C@@]341. The van der Waals surface area contributed by atoms with E-state index < -0.39 is 6.10 Å². The molecule has 1 unspecified atom stereocenters. The lowest BCUT2D eigenvalue weighted by molar-refractivity contribution is -0.146. The van der Waals surface area contributed by atoms with Crippen molar-refractivity contribution >= 4 is 11.7 Å². The summed E-state index contributed by atoms with van der Waals surface area (Å²) in [5.41, 5.74) is 2.16. The van der Waals surface area contributed by atoms with Gasteiger partial charge in [0, 0.05) is 31.5 Å². The fourth-order valence-electron chi connectivity index (χ4n) is 5.87. The number of methoxy groups -OCH3 is 1. The van der Waals surface area contributed by atoms with Gasteiger partial charge in [0.1, 0.15) is 0 Å². The lowest BCUT2D eigenvalue weighted by Gasteiger charge is -2.57. The maximum atomic E-state index is 12.7. The molecule has 5 nitrogen and oxygen atoms in total. The van der Waals surface area contributed by atoms with Gasteiger partial charge in [-0.3, -0.25) is 9.59 Å². The van der Waals surface area contributed by atoms with E-state index >= 15 is 0 Å². The van der Waals surface area contributed by atoms with E-state index in [2.05, 4.69) is 6.07 Å². The smallest absolute Gasteiger partial charge is 0.219 e. The molecule has 1 aromatic carbocycles. The predicted molar refractivity (Wildman–Crippen MR) is 86.3 cm³/mol. The number of Topliss-reactive ketones (excluding diaryl/α,β-unsaturated/α-hetero) is 1. The Labute approximate surface area is 140 Å². The molecule has 2 bridgehead atoms. The first kappa shape index (κ1) is 14.3. The Morgan fingerprint density at radius 2 is 2.25 bits per heavy atom. The van der Waals surface area contributed by atoms with Crippen molar-refractivity contribution in [1.29, 1.82) is 0 Å². The van der Waals surface area contributed by atoms with Crippen molar-refractivity contribution in [1.82, 2.24) is 4.90 Å². The van der Waals surface area contributed by atoms with Crippen molar-refractivity contribution in [3.05, 3.63) is 23.3 Å². The minimum Gasteiger partial charge on any atom is -0.493 e. The maximum Gasteiger partial charge on any atom is 0.219 e. The maximum absolute atomic E-state index is 12.7. The molecule has 1 saturated heterocycles. The van der Waals surface area contributed by atoms with E-state index in [9.17, 15) is 9.59 Å². The molecule has 5 rings (SSSR count). The molecule has 0 radical (unpaired) electrons. The fourth-order valence-corrected chi connectivity index (χ4v) is 5.87. The van der Waals surface area contributed by atoms with Gasteiger partial charge in [0.05, 0.1) is 12.5 Å². The fraction of sp³-hybridized carbons (Fsp3) is 0.579. The molecule has 2 aliphatic heterocycles. The molecule has 0 aromatic heterocycles. The van der Waals surface area contributed by atoms with Gasteiger partial charge in [-0.15, -0.1) is 0 Å². The molecule has 1 aromatic rings. The van der Waals surface area contributed by atoms with Crippen molar-refractivity contribution in [2.24, 2.45) is 5.92 Å². The van der Waals surface area contributed by atoms with E-state index in [4.69, 9.17) is 9.47 Å². The number of carbonyl (C=O) groups excluding carboxylic acids is 2. The molecule has 0 N–H and O–H groups in total. The Balaban J connectivity index is 1.77. The number of ether oxygens (including phenoxy) is 2. The van der Waals surface area contributed by atoms with E-state index in [1.807, 2.05) is 11.0 Å². The second kappa shape index (κ2) is 4.52. The highest BCUT2D eigenvalue weighted by Crippen LogP contribution is 2.63. The lowest BCUT2D eigenvalue weighted by atomic mass is 9.51. The van der Waals surface area contributed by atoms with E-state index in [1.54, 1.807) is 14.0 Å². The van der Waals surface area contributed by atoms with Gasteiger partial charge in [-0.05, 0) is 36.8 Å². The Hall–Kier alpha value is -2.04. The highest BCUT2D eigenvalue weighted by atomic mass is 16.5. The van der Waals surface area contributed by atoms with Gasteiger partial charge in [-0.1, -0.05) is 6.07 Å². The third-order valence-electron chi connectivity index (χ3n) is 6.72. The zero-order valence-electron chi connectivity index (χ0n) is 14.0. The van der Waals surface area contributed by atoms with Crippen LogP contribution in [0.25, 0.3) is 0 Å². The minimum atomic E-state index is -0.404. The number of amides is 1. The third kappa shape index (κ3) is 1.47. The summed E-state index contributed by atoms with van der Waals surface area (Å²) in [4.78, 5) is 26.9. The normalized spacial score (nSPS) is 35.3. The van der Waals surface area contributed by atoms with Crippen LogP contribution in [0.5, 0.6) is 11.5 Å². The van der Waals surface area contributed by atoms with Crippen LogP contribution >= 0.6 is 0 Å². The molecular formula is C19H21NO4. The molecule has 24 heavy (non-hydrogen) atoms. The molecular weight excluding hydrogens is 306 g/mol. The molecule has 5 heteroatoms. The second-order valence-corrected chi connectivity index (χ2v) is 7.51. The van der Waals surface area contributed by atoms with Gasteiger partial charge in [0.2, 0.25) is 5.91 Å². The molecule has 4 atom stereocenters. The zero-order valence-corrected chi connectivity index (χ0v) is 14.0. The molecule has 126 valence electrons. The molecule has 1 amide bonds. The summed E-state index contributed by atoms with van der Waals surface area (Å²) < 4.78 is 11.7. The van der Waals surface area contributed by atoms with Crippen molar-refractivity contribution in [3.63, 3.8) is 0 Å². The van der Waals surface area contributed by atoms with Crippen LogP contribution in [-0.4, -0.2) is 42.4 Å². The molecule has 2 aliphatic carbocycles. The summed E-state index contributed by atoms with van der Waals surface area (Å²) >= 11 is 0. The van der Waals surface area contributed by atoms with Gasteiger partial charge in [0.25, 0.3) is 0 Å². The monoisotopic (exact) mass is 327 g/mol. The average molecular weight is 327 g/mol. The number of likely N-dealkylation sites (tertiary alicyclic amines) is 1. The van der Waals surface area contributed by atoms with Crippen LogP contribution < -0.4 is 9.47 Å². The van der Waals surface area contributed by atoms with Crippen LogP contribution in [0.3, 0.4) is 0 Å². The number of carbonyl (C=O) groups is 2. The highest BCUT2D eigenvalue weighted by Gasteiger charge is 2.66. The minimum absolute atomic E-state index is 0.138. The number of hydrogen-bond donors (Lipinski definition) is 0. The quantitative estimate of drug-likeness (QED) is 0.790. The van der Waals surface area contributed by atoms with Crippen molar-refractivity contribution < 1.29 is 19.1 Å². The number of ketones is 1. The average Bonchev–Trinajstić information content (AvgIpc) is 2.90. The lowest BCUT2D eigenvalue weighted by Crippen LogP contribution is -2.66. The first-order valence-electron chi connectivity index (χ1n) is 8.75. The van der Waals surface area contributed by atoms with Crippen LogP contribution in [0, 0.1) is 5.92 Å². The Kier molecular flexibility index (Phi) is 2.70. The molecule has 2 heterocycles. The Morgan fingerprint density at radius 1 is 1.42 bits per heavy atom. The second-order valence-electron chi connectivity index (χ2n) is 7.51. The Bertz CT molecular complexity index is 773. The summed E-state index contributed by atoms with van der Waals surface area (Å²) in [5.74, 6) is 2.14. The largest absolute Gasteiger partial charge is 0.493 e. The standard InChI is InChI=1S/C19H21NO4/c1-10(21)20-8-7-19-12-4-5-14(22)18(19)24-17-15(23-2)6-3-11(16(17)19)9-13(12)20/h3,6,12-13,18H,4-5,7-9H2,1-2H3/t12?,13-,18+,19+/m1/s1. The van der Waals surface area contributed by atoms with E-state index in [-0.39, 0.29) is 23.1 Å². The number of hydrogen-bond acceptors (Lipinski definition) is 4. The van der Waals surface area contributed by atoms with Gasteiger partial charge in [-0.25, -0.2) is 0 Å². The first-order valence-corrected chi connectivity index (χ1v) is 8.75. The predicted octanol–water partition coefficient (Wildman–Crippen LogP) is 1.85.